The number of nitrogen functional groups attached to an aromatic ring is 1. The number of carbonyl (C=O) groups is 1. The van der Waals surface area contributed by atoms with Crippen LogP contribution in [0.1, 0.15) is 31.1 Å². The first kappa shape index (κ1) is 15.0. The molecule has 2 rings (SSSR count). The quantitative estimate of drug-likeness (QED) is 0.686. The molecule has 0 aromatic heterocycles. The van der Waals surface area contributed by atoms with Gasteiger partial charge in [-0.1, -0.05) is 13.8 Å². The van der Waals surface area contributed by atoms with E-state index in [2.05, 4.69) is 18.7 Å². The number of thioether (sulfide) groups is 1. The average molecular weight is 294 g/mol. The minimum absolute atomic E-state index is 0.291. The van der Waals surface area contributed by atoms with E-state index >= 15 is 0 Å². The molecular formula is C15H22N2O2S. The molecule has 0 amide bonds. The van der Waals surface area contributed by atoms with Crippen molar-refractivity contribution in [2.24, 2.45) is 0 Å². The van der Waals surface area contributed by atoms with Gasteiger partial charge in [-0.25, -0.2) is 4.79 Å². The number of anilines is 2. The SMILES string of the molecule is CCOC(=O)c1ccc(N)c(N2CC(C)SC(C)C2)c1. The summed E-state index contributed by atoms with van der Waals surface area (Å²) < 4.78 is 5.05. The fourth-order valence-electron chi connectivity index (χ4n) is 2.53. The molecule has 1 fully saturated rings. The first-order valence-electron chi connectivity index (χ1n) is 6.98. The maximum absolute atomic E-state index is 11.8. The summed E-state index contributed by atoms with van der Waals surface area (Å²) in [5.74, 6) is -0.291. The first-order valence-corrected chi connectivity index (χ1v) is 7.92. The highest BCUT2D eigenvalue weighted by Crippen LogP contribution is 2.32. The van der Waals surface area contributed by atoms with Crippen molar-refractivity contribution in [3.05, 3.63) is 23.8 Å². The van der Waals surface area contributed by atoms with Gasteiger partial charge in [0.25, 0.3) is 0 Å². The van der Waals surface area contributed by atoms with E-state index in [-0.39, 0.29) is 5.97 Å². The summed E-state index contributed by atoms with van der Waals surface area (Å²) in [7, 11) is 0. The Morgan fingerprint density at radius 2 is 2.05 bits per heavy atom. The summed E-state index contributed by atoms with van der Waals surface area (Å²) in [6.45, 7) is 8.53. The fraction of sp³-hybridized carbons (Fsp3) is 0.533. The van der Waals surface area contributed by atoms with E-state index in [4.69, 9.17) is 10.5 Å². The summed E-state index contributed by atoms with van der Waals surface area (Å²) in [5.41, 5.74) is 8.30. The van der Waals surface area contributed by atoms with Crippen molar-refractivity contribution in [2.45, 2.75) is 31.3 Å². The van der Waals surface area contributed by atoms with Gasteiger partial charge in [-0.3, -0.25) is 0 Å². The van der Waals surface area contributed by atoms with Crippen molar-refractivity contribution >= 4 is 29.1 Å². The second-order valence-corrected chi connectivity index (χ2v) is 7.04. The molecule has 1 aliphatic rings. The summed E-state index contributed by atoms with van der Waals surface area (Å²) >= 11 is 1.99. The fourth-order valence-corrected chi connectivity index (χ4v) is 3.86. The lowest BCUT2D eigenvalue weighted by atomic mass is 10.1. The smallest absolute Gasteiger partial charge is 0.338 e. The minimum Gasteiger partial charge on any atom is -0.462 e. The van der Waals surface area contributed by atoms with Gasteiger partial charge in [-0.05, 0) is 25.1 Å². The van der Waals surface area contributed by atoms with E-state index < -0.39 is 0 Å². The molecule has 0 saturated carbocycles. The second-order valence-electron chi connectivity index (χ2n) is 5.16. The van der Waals surface area contributed by atoms with Crippen LogP contribution in [-0.2, 0) is 4.74 Å². The Bertz CT molecular complexity index is 483. The average Bonchev–Trinajstić information content (AvgIpc) is 2.38. The molecule has 1 aliphatic heterocycles. The van der Waals surface area contributed by atoms with Crippen molar-refractivity contribution in [1.82, 2.24) is 0 Å². The van der Waals surface area contributed by atoms with E-state index in [1.165, 1.54) is 0 Å². The summed E-state index contributed by atoms with van der Waals surface area (Å²) in [5, 5.41) is 1.12. The number of carbonyl (C=O) groups excluding carboxylic acids is 1. The largest absolute Gasteiger partial charge is 0.462 e. The van der Waals surface area contributed by atoms with Gasteiger partial charge in [-0.2, -0.15) is 11.8 Å². The van der Waals surface area contributed by atoms with E-state index in [0.29, 0.717) is 28.4 Å². The van der Waals surface area contributed by atoms with E-state index in [9.17, 15) is 4.79 Å². The summed E-state index contributed by atoms with van der Waals surface area (Å²) in [4.78, 5) is 14.1. The van der Waals surface area contributed by atoms with Crippen LogP contribution in [0.15, 0.2) is 18.2 Å². The first-order chi connectivity index (χ1) is 9.51. The molecule has 1 heterocycles. The number of rotatable bonds is 3. The molecule has 20 heavy (non-hydrogen) atoms. The van der Waals surface area contributed by atoms with Crippen LogP contribution in [0.25, 0.3) is 0 Å². The maximum Gasteiger partial charge on any atom is 0.338 e. The van der Waals surface area contributed by atoms with Gasteiger partial charge in [0.2, 0.25) is 0 Å². The lowest BCUT2D eigenvalue weighted by molar-refractivity contribution is 0.0526. The summed E-state index contributed by atoms with van der Waals surface area (Å²) in [6, 6.07) is 5.36. The summed E-state index contributed by atoms with van der Waals surface area (Å²) in [6.07, 6.45) is 0. The van der Waals surface area contributed by atoms with Crippen molar-refractivity contribution in [3.63, 3.8) is 0 Å². The van der Waals surface area contributed by atoms with Crippen molar-refractivity contribution in [1.29, 1.82) is 0 Å². The molecule has 0 radical (unpaired) electrons. The Morgan fingerprint density at radius 1 is 1.40 bits per heavy atom. The lowest BCUT2D eigenvalue weighted by Crippen LogP contribution is -2.40. The van der Waals surface area contributed by atoms with Crippen molar-refractivity contribution < 1.29 is 9.53 Å². The normalized spacial score (nSPS) is 22.6. The van der Waals surface area contributed by atoms with Crippen LogP contribution in [0.5, 0.6) is 0 Å². The Labute approximate surface area is 124 Å². The standard InChI is InChI=1S/C15H22N2O2S/c1-4-19-15(18)12-5-6-13(16)14(7-12)17-8-10(2)20-11(3)9-17/h5-7,10-11H,4,8-9,16H2,1-3H3. The molecule has 4 nitrogen and oxygen atoms in total. The third-order valence-corrected chi connectivity index (χ3v) is 4.53. The minimum atomic E-state index is -0.291. The van der Waals surface area contributed by atoms with E-state index in [1.807, 2.05) is 17.8 Å². The monoisotopic (exact) mass is 294 g/mol. The molecule has 2 N–H and O–H groups in total. The van der Waals surface area contributed by atoms with Gasteiger partial charge in [0.05, 0.1) is 23.5 Å². The van der Waals surface area contributed by atoms with Gasteiger partial charge in [0.15, 0.2) is 0 Å². The number of benzene rings is 1. The molecule has 0 aliphatic carbocycles. The van der Waals surface area contributed by atoms with Crippen LogP contribution in [0.2, 0.25) is 0 Å². The van der Waals surface area contributed by atoms with E-state index in [1.54, 1.807) is 19.1 Å². The number of hydrogen-bond acceptors (Lipinski definition) is 5. The van der Waals surface area contributed by atoms with Crippen LogP contribution in [-0.4, -0.2) is 36.2 Å². The Hall–Kier alpha value is -1.36. The van der Waals surface area contributed by atoms with Crippen molar-refractivity contribution in [3.8, 4) is 0 Å². The molecule has 5 heteroatoms. The molecule has 0 bridgehead atoms. The maximum atomic E-state index is 11.8. The number of ether oxygens (including phenoxy) is 1. The highest BCUT2D eigenvalue weighted by Gasteiger charge is 2.24. The predicted octanol–water partition coefficient (Wildman–Crippen LogP) is 2.78. The van der Waals surface area contributed by atoms with Crippen LogP contribution in [0, 0.1) is 0 Å². The number of hydrogen-bond donors (Lipinski definition) is 1. The lowest BCUT2D eigenvalue weighted by Gasteiger charge is -2.37. The van der Waals surface area contributed by atoms with Gasteiger partial charge >= 0.3 is 5.97 Å². The van der Waals surface area contributed by atoms with Crippen LogP contribution in [0.3, 0.4) is 0 Å². The highest BCUT2D eigenvalue weighted by atomic mass is 32.2. The van der Waals surface area contributed by atoms with E-state index in [0.717, 1.165) is 18.8 Å². The molecule has 2 atom stereocenters. The Balaban J connectivity index is 2.26. The topological polar surface area (TPSA) is 55.6 Å². The van der Waals surface area contributed by atoms with Crippen LogP contribution < -0.4 is 10.6 Å². The number of nitrogens with two attached hydrogens (primary N) is 1. The zero-order valence-electron chi connectivity index (χ0n) is 12.3. The second kappa shape index (κ2) is 6.39. The van der Waals surface area contributed by atoms with Crippen molar-refractivity contribution in [2.75, 3.05) is 30.3 Å². The van der Waals surface area contributed by atoms with Gasteiger partial charge in [0, 0.05) is 23.6 Å². The Morgan fingerprint density at radius 3 is 2.65 bits per heavy atom. The number of nitrogens with zero attached hydrogens (tertiary/aromatic N) is 1. The molecule has 1 saturated heterocycles. The zero-order valence-corrected chi connectivity index (χ0v) is 13.1. The van der Waals surface area contributed by atoms with Gasteiger partial charge < -0.3 is 15.4 Å². The van der Waals surface area contributed by atoms with Gasteiger partial charge in [0.1, 0.15) is 0 Å². The predicted molar refractivity (Wildman–Crippen MR) is 85.5 cm³/mol. The molecule has 1 aromatic rings. The molecule has 2 unspecified atom stereocenters. The number of esters is 1. The van der Waals surface area contributed by atoms with Crippen LogP contribution in [0.4, 0.5) is 11.4 Å². The third kappa shape index (κ3) is 3.39. The Kier molecular flexibility index (Phi) is 4.81. The van der Waals surface area contributed by atoms with Gasteiger partial charge in [-0.15, -0.1) is 0 Å². The molecule has 110 valence electrons. The molecule has 0 spiro atoms. The molecule has 1 aromatic carbocycles. The highest BCUT2D eigenvalue weighted by molar-refractivity contribution is 8.00. The third-order valence-electron chi connectivity index (χ3n) is 3.30. The van der Waals surface area contributed by atoms with Crippen LogP contribution >= 0.6 is 11.8 Å². The zero-order chi connectivity index (χ0) is 14.7. The molecular weight excluding hydrogens is 272 g/mol.